The van der Waals surface area contributed by atoms with Crippen molar-refractivity contribution in [3.63, 3.8) is 0 Å². The van der Waals surface area contributed by atoms with Gasteiger partial charge >= 0.3 is 0 Å². The van der Waals surface area contributed by atoms with Gasteiger partial charge in [-0.3, -0.25) is 9.97 Å². The normalized spacial score (nSPS) is 12.2. The van der Waals surface area contributed by atoms with Crippen LogP contribution in [-0.4, -0.2) is 19.5 Å². The van der Waals surface area contributed by atoms with E-state index in [1.54, 1.807) is 12.4 Å². The fourth-order valence-electron chi connectivity index (χ4n) is 5.83. The molecular formula is C35H22N4. The van der Waals surface area contributed by atoms with Gasteiger partial charge in [-0.15, -0.1) is 0 Å². The van der Waals surface area contributed by atoms with Crippen LogP contribution in [0, 0.1) is 0 Å². The van der Waals surface area contributed by atoms with Gasteiger partial charge < -0.3 is 4.57 Å². The molecule has 0 amide bonds. The van der Waals surface area contributed by atoms with E-state index in [9.17, 15) is 0 Å². The van der Waals surface area contributed by atoms with Crippen LogP contribution in [0.4, 0.5) is 0 Å². The maximum atomic E-state index is 4.99. The molecule has 182 valence electrons. The van der Waals surface area contributed by atoms with Crippen molar-refractivity contribution in [1.29, 1.82) is 0 Å². The Morgan fingerprint density at radius 3 is 1.82 bits per heavy atom. The number of hydrogen-bond acceptors (Lipinski definition) is 3. The molecule has 0 fully saturated rings. The third-order valence-corrected chi connectivity index (χ3v) is 7.60. The molecule has 4 heteroatoms. The first-order valence-corrected chi connectivity index (χ1v) is 13.0. The van der Waals surface area contributed by atoms with Gasteiger partial charge in [-0.2, -0.15) is 0 Å². The second-order valence-electron chi connectivity index (χ2n) is 9.82. The highest BCUT2D eigenvalue weighted by Crippen LogP contribution is 2.47. The predicted molar refractivity (Wildman–Crippen MR) is 159 cm³/mol. The fraction of sp³-hybridized carbons (Fsp3) is 0. The SMILES string of the molecule is C=C1c2ccccc2-c2cc3c4ccccc4n(-c4cc(-c5ccccn5)nc(-c5ccccn5)c4)c3cc21. The van der Waals surface area contributed by atoms with E-state index in [2.05, 4.69) is 93.9 Å². The average molecular weight is 499 g/mol. The molecule has 8 rings (SSSR count). The van der Waals surface area contributed by atoms with Crippen LogP contribution < -0.4 is 0 Å². The molecule has 4 heterocycles. The molecule has 4 nitrogen and oxygen atoms in total. The highest BCUT2D eigenvalue weighted by Gasteiger charge is 2.25. The van der Waals surface area contributed by atoms with Gasteiger partial charge in [0, 0.05) is 23.2 Å². The van der Waals surface area contributed by atoms with Crippen LogP contribution in [0.15, 0.2) is 128 Å². The third kappa shape index (κ3) is 3.28. The second kappa shape index (κ2) is 8.33. The van der Waals surface area contributed by atoms with Crippen LogP contribution in [0.5, 0.6) is 0 Å². The lowest BCUT2D eigenvalue weighted by atomic mass is 10.0. The van der Waals surface area contributed by atoms with Gasteiger partial charge in [0.2, 0.25) is 0 Å². The van der Waals surface area contributed by atoms with Crippen molar-refractivity contribution in [3.05, 3.63) is 139 Å². The van der Waals surface area contributed by atoms with Gasteiger partial charge in [-0.25, -0.2) is 4.98 Å². The van der Waals surface area contributed by atoms with E-state index in [0.717, 1.165) is 45.1 Å². The smallest absolute Gasteiger partial charge is 0.0915 e. The van der Waals surface area contributed by atoms with Crippen LogP contribution in [0.3, 0.4) is 0 Å². The molecule has 0 radical (unpaired) electrons. The molecule has 3 aromatic carbocycles. The van der Waals surface area contributed by atoms with Crippen LogP contribution in [0.25, 0.3) is 67.0 Å². The molecule has 1 aliphatic rings. The van der Waals surface area contributed by atoms with E-state index in [4.69, 9.17) is 4.98 Å². The van der Waals surface area contributed by atoms with Crippen LogP contribution >= 0.6 is 0 Å². The largest absolute Gasteiger partial charge is 0.309 e. The minimum Gasteiger partial charge on any atom is -0.309 e. The molecule has 0 atom stereocenters. The minimum absolute atomic E-state index is 0.803. The summed E-state index contributed by atoms with van der Waals surface area (Å²) in [5.41, 5.74) is 12.5. The van der Waals surface area contributed by atoms with E-state index in [-0.39, 0.29) is 0 Å². The quantitative estimate of drug-likeness (QED) is 0.246. The number of pyridine rings is 3. The third-order valence-electron chi connectivity index (χ3n) is 7.60. The van der Waals surface area contributed by atoms with Gasteiger partial charge in [-0.1, -0.05) is 61.2 Å². The predicted octanol–water partition coefficient (Wildman–Crippen LogP) is 8.34. The van der Waals surface area contributed by atoms with E-state index in [1.807, 2.05) is 36.4 Å². The monoisotopic (exact) mass is 498 g/mol. The average Bonchev–Trinajstić information content (AvgIpc) is 3.48. The topological polar surface area (TPSA) is 43.6 Å². The second-order valence-corrected chi connectivity index (χ2v) is 9.82. The molecule has 4 aromatic heterocycles. The van der Waals surface area contributed by atoms with E-state index >= 15 is 0 Å². The fourth-order valence-corrected chi connectivity index (χ4v) is 5.83. The molecule has 0 saturated heterocycles. The van der Waals surface area contributed by atoms with E-state index < -0.39 is 0 Å². The summed E-state index contributed by atoms with van der Waals surface area (Å²) in [6.45, 7) is 4.47. The zero-order chi connectivity index (χ0) is 25.9. The van der Waals surface area contributed by atoms with Crippen molar-refractivity contribution in [2.75, 3.05) is 0 Å². The summed E-state index contributed by atoms with van der Waals surface area (Å²) in [4.78, 5) is 14.2. The molecule has 0 saturated carbocycles. The summed E-state index contributed by atoms with van der Waals surface area (Å²) < 4.78 is 2.34. The Balaban J connectivity index is 1.45. The highest BCUT2D eigenvalue weighted by molar-refractivity contribution is 6.14. The van der Waals surface area contributed by atoms with Crippen molar-refractivity contribution in [1.82, 2.24) is 19.5 Å². The number of para-hydroxylation sites is 1. The first-order chi connectivity index (χ1) is 19.3. The maximum absolute atomic E-state index is 4.99. The number of rotatable bonds is 3. The first kappa shape index (κ1) is 21.7. The van der Waals surface area contributed by atoms with Crippen molar-refractivity contribution < 1.29 is 0 Å². The lowest BCUT2D eigenvalue weighted by Gasteiger charge is -2.13. The number of aromatic nitrogens is 4. The van der Waals surface area contributed by atoms with Crippen LogP contribution in [0.2, 0.25) is 0 Å². The Hall–Kier alpha value is -5.35. The lowest BCUT2D eigenvalue weighted by Crippen LogP contribution is -1.99. The maximum Gasteiger partial charge on any atom is 0.0915 e. The Morgan fingerprint density at radius 1 is 0.487 bits per heavy atom. The van der Waals surface area contributed by atoms with Crippen molar-refractivity contribution in [2.24, 2.45) is 0 Å². The van der Waals surface area contributed by atoms with Gasteiger partial charge in [0.05, 0.1) is 39.5 Å². The number of fused-ring (bicyclic) bond motifs is 6. The number of nitrogens with zero attached hydrogens (tertiary/aromatic N) is 4. The Bertz CT molecular complexity index is 2010. The molecule has 1 aliphatic carbocycles. The van der Waals surface area contributed by atoms with E-state index in [0.29, 0.717) is 0 Å². The molecule has 0 bridgehead atoms. The molecule has 0 unspecified atom stereocenters. The Labute approximate surface area is 225 Å². The van der Waals surface area contributed by atoms with Crippen LogP contribution in [0.1, 0.15) is 11.1 Å². The zero-order valence-corrected chi connectivity index (χ0v) is 21.0. The summed E-state index contributed by atoms with van der Waals surface area (Å²) in [7, 11) is 0. The molecule has 39 heavy (non-hydrogen) atoms. The van der Waals surface area contributed by atoms with Gasteiger partial charge in [0.25, 0.3) is 0 Å². The molecule has 7 aromatic rings. The minimum atomic E-state index is 0.803. The first-order valence-electron chi connectivity index (χ1n) is 13.0. The molecule has 0 spiro atoms. The van der Waals surface area contributed by atoms with Crippen molar-refractivity contribution in [3.8, 4) is 39.6 Å². The van der Waals surface area contributed by atoms with Gasteiger partial charge in [-0.05, 0) is 82.4 Å². The number of hydrogen-bond donors (Lipinski definition) is 0. The summed E-state index contributed by atoms with van der Waals surface area (Å²) in [6, 6.07) is 37.8. The van der Waals surface area contributed by atoms with Gasteiger partial charge in [0.1, 0.15) is 0 Å². The molecule has 0 aliphatic heterocycles. The molecule has 0 N–H and O–H groups in total. The summed E-state index contributed by atoms with van der Waals surface area (Å²) >= 11 is 0. The lowest BCUT2D eigenvalue weighted by molar-refractivity contribution is 1.14. The van der Waals surface area contributed by atoms with Crippen molar-refractivity contribution >= 4 is 27.4 Å². The van der Waals surface area contributed by atoms with Gasteiger partial charge in [0.15, 0.2) is 0 Å². The zero-order valence-electron chi connectivity index (χ0n) is 21.0. The molecular weight excluding hydrogens is 476 g/mol. The Morgan fingerprint density at radius 2 is 1.13 bits per heavy atom. The summed E-state index contributed by atoms with van der Waals surface area (Å²) in [6.07, 6.45) is 3.61. The highest BCUT2D eigenvalue weighted by atomic mass is 15.0. The summed E-state index contributed by atoms with van der Waals surface area (Å²) in [5, 5.41) is 2.42. The number of benzene rings is 3. The standard InChI is InChI=1S/C35H22N4/c1-22-24-10-2-3-11-25(24)28-20-29-26-12-4-5-15-34(26)39(35(29)21-27(22)28)23-18-32(30-13-6-8-16-36-30)38-33(19-23)31-14-7-9-17-37-31/h2-21H,1H2. The van der Waals surface area contributed by atoms with E-state index in [1.165, 1.54) is 33.0 Å². The van der Waals surface area contributed by atoms with Crippen LogP contribution in [-0.2, 0) is 0 Å². The summed E-state index contributed by atoms with van der Waals surface area (Å²) in [5.74, 6) is 0. The van der Waals surface area contributed by atoms with Crippen molar-refractivity contribution in [2.45, 2.75) is 0 Å². The Kier molecular flexibility index (Phi) is 4.64.